The van der Waals surface area contributed by atoms with Gasteiger partial charge in [0.25, 0.3) is 6.86 Å². The lowest BCUT2D eigenvalue weighted by Crippen LogP contribution is -2.14. The molecule has 0 heterocycles. The second-order valence-electron chi connectivity index (χ2n) is 2.49. The van der Waals surface area contributed by atoms with Crippen LogP contribution in [0.4, 0.5) is 4.39 Å². The maximum absolute atomic E-state index is 11.4. The molecule has 0 aliphatic heterocycles. The third-order valence-corrected chi connectivity index (χ3v) is 1.80. The highest BCUT2D eigenvalue weighted by atomic mass is 19.1. The Morgan fingerprint density at radius 1 is 1.22 bits per heavy atom. The maximum Gasteiger partial charge on any atom is 0.255 e. The Labute approximate surface area is 55.2 Å². The van der Waals surface area contributed by atoms with Gasteiger partial charge in [-0.05, 0) is 12.8 Å². The van der Waals surface area contributed by atoms with E-state index in [4.69, 9.17) is 4.74 Å². The molecule has 0 spiro atoms. The summed E-state index contributed by atoms with van der Waals surface area (Å²) in [6.45, 7) is 0.315. The Morgan fingerprint density at radius 3 is 2.44 bits per heavy atom. The van der Waals surface area contributed by atoms with Gasteiger partial charge in [-0.3, -0.25) is 0 Å². The van der Waals surface area contributed by atoms with Gasteiger partial charge in [0, 0.05) is 0 Å². The van der Waals surface area contributed by atoms with Crippen LogP contribution in [0.3, 0.4) is 0 Å². The molecule has 0 unspecified atom stereocenters. The maximum atomic E-state index is 11.4. The highest BCUT2D eigenvalue weighted by Crippen LogP contribution is 2.20. The summed E-state index contributed by atoms with van der Waals surface area (Å²) in [6, 6.07) is 0. The molecular formula is C7H12FO. The van der Waals surface area contributed by atoms with Crippen molar-refractivity contribution in [3.63, 3.8) is 0 Å². The molecule has 0 aromatic carbocycles. The normalized spacial score (nSPS) is 22.3. The summed E-state index contributed by atoms with van der Waals surface area (Å²) in [5.74, 6) is 0. The first-order valence-electron chi connectivity index (χ1n) is 3.51. The van der Waals surface area contributed by atoms with Crippen molar-refractivity contribution in [2.24, 2.45) is 0 Å². The summed E-state index contributed by atoms with van der Waals surface area (Å²) in [6.07, 6.45) is 5.90. The van der Waals surface area contributed by atoms with Crippen molar-refractivity contribution in [3.8, 4) is 0 Å². The molecule has 2 heteroatoms. The lowest BCUT2D eigenvalue weighted by Gasteiger charge is -2.19. The smallest absolute Gasteiger partial charge is 0.255 e. The molecule has 1 nitrogen and oxygen atoms in total. The van der Waals surface area contributed by atoms with Crippen LogP contribution in [0.5, 0.6) is 0 Å². The SMILES string of the molecule is F[CH]OC1CCCCC1. The van der Waals surface area contributed by atoms with Crippen molar-refractivity contribution in [1.82, 2.24) is 0 Å². The van der Waals surface area contributed by atoms with Crippen LogP contribution in [-0.4, -0.2) is 6.10 Å². The average molecular weight is 131 g/mol. The largest absolute Gasteiger partial charge is 0.341 e. The quantitative estimate of drug-likeness (QED) is 0.559. The Balaban J connectivity index is 2.08. The predicted molar refractivity (Wildman–Crippen MR) is 33.4 cm³/mol. The Morgan fingerprint density at radius 2 is 1.89 bits per heavy atom. The lowest BCUT2D eigenvalue weighted by atomic mass is 9.98. The van der Waals surface area contributed by atoms with E-state index >= 15 is 0 Å². The molecule has 0 aromatic rings. The van der Waals surface area contributed by atoms with Crippen LogP contribution < -0.4 is 0 Å². The van der Waals surface area contributed by atoms with E-state index in [9.17, 15) is 4.39 Å². The number of rotatable bonds is 2. The lowest BCUT2D eigenvalue weighted by molar-refractivity contribution is 0.0335. The van der Waals surface area contributed by atoms with E-state index < -0.39 is 0 Å². The standard InChI is InChI=1S/C7H12FO/c8-6-9-7-4-2-1-3-5-7/h6-7H,1-5H2. The second-order valence-corrected chi connectivity index (χ2v) is 2.49. The molecular weight excluding hydrogens is 119 g/mol. The Bertz CT molecular complexity index is 66.6. The van der Waals surface area contributed by atoms with Crippen molar-refractivity contribution in [2.45, 2.75) is 38.2 Å². The summed E-state index contributed by atoms with van der Waals surface area (Å²) in [7, 11) is 0. The fourth-order valence-corrected chi connectivity index (χ4v) is 1.27. The summed E-state index contributed by atoms with van der Waals surface area (Å²) < 4.78 is 16.1. The molecule has 1 fully saturated rings. The third-order valence-electron chi connectivity index (χ3n) is 1.80. The van der Waals surface area contributed by atoms with Crippen LogP contribution in [0.2, 0.25) is 0 Å². The first-order valence-corrected chi connectivity index (χ1v) is 3.51. The van der Waals surface area contributed by atoms with Crippen molar-refractivity contribution >= 4 is 0 Å². The second kappa shape index (κ2) is 3.83. The molecule has 0 aromatic heterocycles. The van der Waals surface area contributed by atoms with Gasteiger partial charge in [0.1, 0.15) is 0 Å². The van der Waals surface area contributed by atoms with Crippen LogP contribution >= 0.6 is 0 Å². The first-order chi connectivity index (χ1) is 4.43. The number of ether oxygens (including phenoxy) is 1. The van der Waals surface area contributed by atoms with Crippen LogP contribution in [0.15, 0.2) is 0 Å². The molecule has 0 atom stereocenters. The van der Waals surface area contributed by atoms with Crippen molar-refractivity contribution in [3.05, 3.63) is 6.86 Å². The molecule has 1 saturated carbocycles. The van der Waals surface area contributed by atoms with Gasteiger partial charge in [-0.15, -0.1) is 0 Å². The van der Waals surface area contributed by atoms with Crippen molar-refractivity contribution in [1.29, 1.82) is 0 Å². The zero-order chi connectivity index (χ0) is 6.53. The average Bonchev–Trinajstić information content (AvgIpc) is 1.91. The van der Waals surface area contributed by atoms with Crippen LogP contribution in [0.1, 0.15) is 32.1 Å². The zero-order valence-electron chi connectivity index (χ0n) is 5.48. The number of hydrogen-bond acceptors (Lipinski definition) is 1. The van der Waals surface area contributed by atoms with Gasteiger partial charge in [-0.25, -0.2) is 4.39 Å². The van der Waals surface area contributed by atoms with E-state index in [1.807, 2.05) is 0 Å². The van der Waals surface area contributed by atoms with Crippen LogP contribution in [0, 0.1) is 6.86 Å². The van der Waals surface area contributed by atoms with Crippen LogP contribution in [-0.2, 0) is 4.74 Å². The van der Waals surface area contributed by atoms with Gasteiger partial charge in [0.05, 0.1) is 6.10 Å². The molecule has 1 aliphatic carbocycles. The predicted octanol–water partition coefficient (Wildman–Crippen LogP) is 2.42. The fourth-order valence-electron chi connectivity index (χ4n) is 1.27. The Hall–Kier alpha value is -0.110. The fraction of sp³-hybridized carbons (Fsp3) is 0.857. The van der Waals surface area contributed by atoms with E-state index in [0.29, 0.717) is 6.86 Å². The zero-order valence-corrected chi connectivity index (χ0v) is 5.48. The molecule has 53 valence electrons. The van der Waals surface area contributed by atoms with E-state index in [-0.39, 0.29) is 6.10 Å². The van der Waals surface area contributed by atoms with Gasteiger partial charge in [-0.2, -0.15) is 0 Å². The van der Waals surface area contributed by atoms with Gasteiger partial charge in [0.2, 0.25) is 0 Å². The summed E-state index contributed by atoms with van der Waals surface area (Å²) in [5.41, 5.74) is 0. The van der Waals surface area contributed by atoms with E-state index in [0.717, 1.165) is 12.8 Å². The molecule has 0 saturated heterocycles. The summed E-state index contributed by atoms with van der Waals surface area (Å²) in [4.78, 5) is 0. The van der Waals surface area contributed by atoms with Crippen molar-refractivity contribution in [2.75, 3.05) is 0 Å². The molecule has 0 N–H and O–H groups in total. The highest BCUT2D eigenvalue weighted by Gasteiger charge is 2.12. The van der Waals surface area contributed by atoms with E-state index in [1.54, 1.807) is 0 Å². The molecule has 1 radical (unpaired) electrons. The molecule has 0 amide bonds. The molecule has 9 heavy (non-hydrogen) atoms. The highest BCUT2D eigenvalue weighted by molar-refractivity contribution is 4.64. The first kappa shape index (κ1) is 7.00. The van der Waals surface area contributed by atoms with E-state index in [1.165, 1.54) is 19.3 Å². The summed E-state index contributed by atoms with van der Waals surface area (Å²) in [5, 5.41) is 0. The van der Waals surface area contributed by atoms with Gasteiger partial charge < -0.3 is 4.74 Å². The number of hydrogen-bond donors (Lipinski definition) is 0. The minimum atomic E-state index is 0.170. The summed E-state index contributed by atoms with van der Waals surface area (Å²) >= 11 is 0. The van der Waals surface area contributed by atoms with Crippen molar-refractivity contribution < 1.29 is 9.13 Å². The van der Waals surface area contributed by atoms with Gasteiger partial charge >= 0.3 is 0 Å². The minimum absolute atomic E-state index is 0.170. The monoisotopic (exact) mass is 131 g/mol. The molecule has 1 rings (SSSR count). The van der Waals surface area contributed by atoms with Crippen LogP contribution in [0.25, 0.3) is 0 Å². The van der Waals surface area contributed by atoms with Gasteiger partial charge in [-0.1, -0.05) is 19.3 Å². The van der Waals surface area contributed by atoms with E-state index in [2.05, 4.69) is 0 Å². The molecule has 0 bridgehead atoms. The molecule has 1 aliphatic rings. The minimum Gasteiger partial charge on any atom is -0.341 e. The number of halogens is 1. The van der Waals surface area contributed by atoms with Gasteiger partial charge in [0.15, 0.2) is 0 Å². The Kier molecular flexibility index (Phi) is 2.98. The third kappa shape index (κ3) is 2.31. The topological polar surface area (TPSA) is 9.23 Å².